The molecule has 8 nitrogen and oxygen atoms in total. The van der Waals surface area contributed by atoms with Crippen LogP contribution in [0.3, 0.4) is 0 Å². The van der Waals surface area contributed by atoms with Gasteiger partial charge in [-0.05, 0) is 12.8 Å². The van der Waals surface area contributed by atoms with Gasteiger partial charge in [-0.1, -0.05) is 13.3 Å². The number of unbranched alkanes of at least 4 members (excludes halogenated alkanes) is 1. The van der Waals surface area contributed by atoms with E-state index in [-0.39, 0.29) is 25.4 Å². The van der Waals surface area contributed by atoms with E-state index in [0.29, 0.717) is 24.2 Å². The summed E-state index contributed by atoms with van der Waals surface area (Å²) in [5, 5.41) is 3.15. The fourth-order valence-corrected chi connectivity index (χ4v) is 2.74. The number of carbonyl (C=O) groups excluding carboxylic acids is 4. The number of imide groups is 1. The number of alkyl halides is 3. The van der Waals surface area contributed by atoms with Gasteiger partial charge in [-0.3, -0.25) is 24.6 Å². The minimum atomic E-state index is -5.23. The second-order valence-electron chi connectivity index (χ2n) is 5.96. The SMILES string of the molecule is CCCCN1C(=O)NC(NC(=O)CN2CCCC2=O)(C(F)(F)F)C1=O. The molecule has 2 saturated heterocycles. The summed E-state index contributed by atoms with van der Waals surface area (Å²) >= 11 is 0. The maximum absolute atomic E-state index is 13.5. The summed E-state index contributed by atoms with van der Waals surface area (Å²) in [5.74, 6) is -3.08. The molecule has 5 amide bonds. The van der Waals surface area contributed by atoms with Crippen LogP contribution in [0.1, 0.15) is 32.6 Å². The lowest BCUT2D eigenvalue weighted by Gasteiger charge is -2.30. The first kappa shape index (κ1) is 19.0. The molecule has 0 saturated carbocycles. The number of halogens is 3. The zero-order valence-corrected chi connectivity index (χ0v) is 13.6. The third kappa shape index (κ3) is 3.54. The third-order valence-corrected chi connectivity index (χ3v) is 4.10. The largest absolute Gasteiger partial charge is 0.440 e. The van der Waals surface area contributed by atoms with E-state index in [1.54, 1.807) is 17.6 Å². The van der Waals surface area contributed by atoms with Gasteiger partial charge in [0.1, 0.15) is 0 Å². The van der Waals surface area contributed by atoms with Gasteiger partial charge < -0.3 is 10.2 Å². The van der Waals surface area contributed by atoms with Crippen LogP contribution in [0.25, 0.3) is 0 Å². The quantitative estimate of drug-likeness (QED) is 0.664. The minimum Gasteiger partial charge on any atom is -0.333 e. The Morgan fingerprint density at radius 2 is 2.00 bits per heavy atom. The summed E-state index contributed by atoms with van der Waals surface area (Å²) in [5.41, 5.74) is -3.50. The molecule has 0 radical (unpaired) electrons. The number of likely N-dealkylation sites (tertiary alicyclic amines) is 1. The van der Waals surface area contributed by atoms with Crippen LogP contribution in [-0.4, -0.2) is 65.0 Å². The molecule has 0 bridgehead atoms. The summed E-state index contributed by atoms with van der Waals surface area (Å²) in [6, 6.07) is -1.21. The summed E-state index contributed by atoms with van der Waals surface area (Å²) in [6.45, 7) is 1.23. The molecule has 11 heteroatoms. The topological polar surface area (TPSA) is 98.8 Å². The van der Waals surface area contributed by atoms with E-state index in [1.165, 1.54) is 0 Å². The molecule has 0 aromatic heterocycles. The highest BCUT2D eigenvalue weighted by molar-refractivity contribution is 6.09. The molecule has 2 heterocycles. The molecule has 1 atom stereocenters. The fourth-order valence-electron chi connectivity index (χ4n) is 2.74. The normalized spacial score (nSPS) is 24.1. The van der Waals surface area contributed by atoms with Gasteiger partial charge in [-0.25, -0.2) is 4.79 Å². The van der Waals surface area contributed by atoms with Gasteiger partial charge in [0.2, 0.25) is 11.8 Å². The first-order valence-electron chi connectivity index (χ1n) is 7.92. The number of amides is 5. The lowest BCUT2D eigenvalue weighted by Crippen LogP contribution is -2.70. The maximum atomic E-state index is 13.5. The van der Waals surface area contributed by atoms with Gasteiger partial charge in [-0.2, -0.15) is 13.2 Å². The van der Waals surface area contributed by atoms with Gasteiger partial charge in [0.15, 0.2) is 0 Å². The highest BCUT2D eigenvalue weighted by atomic mass is 19.4. The molecular weight excluding hydrogens is 345 g/mol. The lowest BCUT2D eigenvalue weighted by molar-refractivity contribution is -0.204. The number of hydrogen-bond acceptors (Lipinski definition) is 4. The summed E-state index contributed by atoms with van der Waals surface area (Å²) in [4.78, 5) is 49.1. The molecule has 2 rings (SSSR count). The van der Waals surface area contributed by atoms with Gasteiger partial charge in [0, 0.05) is 19.5 Å². The number of carbonyl (C=O) groups is 4. The second kappa shape index (κ2) is 6.89. The smallest absolute Gasteiger partial charge is 0.333 e. The third-order valence-electron chi connectivity index (χ3n) is 4.10. The van der Waals surface area contributed by atoms with Crippen molar-refractivity contribution >= 4 is 23.8 Å². The van der Waals surface area contributed by atoms with Crippen molar-refractivity contribution in [1.82, 2.24) is 20.4 Å². The molecule has 2 aliphatic heterocycles. The van der Waals surface area contributed by atoms with E-state index in [4.69, 9.17) is 0 Å². The molecule has 2 N–H and O–H groups in total. The molecule has 2 fully saturated rings. The van der Waals surface area contributed by atoms with Crippen molar-refractivity contribution in [3.05, 3.63) is 0 Å². The van der Waals surface area contributed by atoms with Crippen molar-refractivity contribution in [2.45, 2.75) is 44.4 Å². The van der Waals surface area contributed by atoms with E-state index in [9.17, 15) is 32.3 Å². The summed E-state index contributed by atoms with van der Waals surface area (Å²) < 4.78 is 40.6. The average Bonchev–Trinajstić information content (AvgIpc) is 3.00. The van der Waals surface area contributed by atoms with Crippen molar-refractivity contribution in [3.63, 3.8) is 0 Å². The second-order valence-corrected chi connectivity index (χ2v) is 5.96. The van der Waals surface area contributed by atoms with Gasteiger partial charge in [0.05, 0.1) is 6.54 Å². The number of urea groups is 1. The van der Waals surface area contributed by atoms with E-state index >= 15 is 0 Å². The highest BCUT2D eigenvalue weighted by Crippen LogP contribution is 2.33. The van der Waals surface area contributed by atoms with E-state index < -0.39 is 36.2 Å². The van der Waals surface area contributed by atoms with Crippen molar-refractivity contribution in [2.75, 3.05) is 19.6 Å². The van der Waals surface area contributed by atoms with Crippen LogP contribution in [-0.2, 0) is 14.4 Å². The maximum Gasteiger partial charge on any atom is 0.440 e. The molecule has 140 valence electrons. The number of rotatable bonds is 6. The van der Waals surface area contributed by atoms with Gasteiger partial charge >= 0.3 is 12.2 Å². The fraction of sp³-hybridized carbons (Fsp3) is 0.714. The Hall–Kier alpha value is -2.33. The van der Waals surface area contributed by atoms with E-state index in [0.717, 1.165) is 4.90 Å². The molecule has 0 aromatic carbocycles. The molecule has 0 spiro atoms. The molecule has 0 aliphatic carbocycles. The molecule has 1 unspecified atom stereocenters. The average molecular weight is 364 g/mol. The summed E-state index contributed by atoms with van der Waals surface area (Å²) in [6.07, 6.45) is -3.59. The standard InChI is InChI=1S/C14H19F3N4O4/c1-2-3-7-21-11(24)13(14(15,16)17,19-12(21)25)18-9(22)8-20-6-4-5-10(20)23/h2-8H2,1H3,(H,18,22)(H,19,25). The Morgan fingerprint density at radius 3 is 2.52 bits per heavy atom. The Kier molecular flexibility index (Phi) is 5.23. The molecule has 2 aliphatic rings. The number of nitrogens with zero attached hydrogens (tertiary/aromatic N) is 2. The zero-order chi connectivity index (χ0) is 18.8. The Balaban J connectivity index is 2.18. The molecular formula is C14H19F3N4O4. The van der Waals surface area contributed by atoms with Crippen LogP contribution in [0.5, 0.6) is 0 Å². The van der Waals surface area contributed by atoms with Crippen LogP contribution < -0.4 is 10.6 Å². The van der Waals surface area contributed by atoms with Gasteiger partial charge in [0.25, 0.3) is 11.6 Å². The van der Waals surface area contributed by atoms with Crippen LogP contribution in [0, 0.1) is 0 Å². The highest BCUT2D eigenvalue weighted by Gasteiger charge is 2.68. The van der Waals surface area contributed by atoms with Crippen LogP contribution in [0.15, 0.2) is 0 Å². The predicted octanol–water partition coefficient (Wildman–Crippen LogP) is 0.335. The van der Waals surface area contributed by atoms with Crippen LogP contribution in [0.2, 0.25) is 0 Å². The van der Waals surface area contributed by atoms with E-state index in [1.807, 2.05) is 0 Å². The lowest BCUT2D eigenvalue weighted by atomic mass is 10.1. The van der Waals surface area contributed by atoms with Gasteiger partial charge in [-0.15, -0.1) is 0 Å². The minimum absolute atomic E-state index is 0.181. The first-order valence-corrected chi connectivity index (χ1v) is 7.92. The van der Waals surface area contributed by atoms with Crippen molar-refractivity contribution in [2.24, 2.45) is 0 Å². The Morgan fingerprint density at radius 1 is 1.32 bits per heavy atom. The van der Waals surface area contributed by atoms with Crippen molar-refractivity contribution in [3.8, 4) is 0 Å². The monoisotopic (exact) mass is 364 g/mol. The van der Waals surface area contributed by atoms with Crippen LogP contribution in [0.4, 0.5) is 18.0 Å². The van der Waals surface area contributed by atoms with Crippen molar-refractivity contribution in [1.29, 1.82) is 0 Å². The Labute approximate surface area is 141 Å². The van der Waals surface area contributed by atoms with E-state index in [2.05, 4.69) is 0 Å². The van der Waals surface area contributed by atoms with Crippen molar-refractivity contribution < 1.29 is 32.3 Å². The predicted molar refractivity (Wildman–Crippen MR) is 77.9 cm³/mol. The summed E-state index contributed by atoms with van der Waals surface area (Å²) in [7, 11) is 0. The van der Waals surface area contributed by atoms with Crippen LogP contribution >= 0.6 is 0 Å². The Bertz CT molecular complexity index is 595. The number of nitrogens with one attached hydrogen (secondary N) is 2. The first-order chi connectivity index (χ1) is 11.6. The zero-order valence-electron chi connectivity index (χ0n) is 13.6. The molecule has 0 aromatic rings. The number of hydrogen-bond donors (Lipinski definition) is 2. The molecule has 25 heavy (non-hydrogen) atoms.